The molecule has 2 rings (SSSR count). The molecule has 2 aromatic carbocycles. The minimum atomic E-state index is -0.697. The van der Waals surface area contributed by atoms with Crippen LogP contribution in [0.4, 0.5) is 5.69 Å². The lowest BCUT2D eigenvalue weighted by Crippen LogP contribution is -2.09. The Balaban J connectivity index is 2.23. The van der Waals surface area contributed by atoms with Crippen LogP contribution in [0.3, 0.4) is 0 Å². The number of halogens is 1. The molecule has 0 saturated heterocycles. The molecule has 0 bridgehead atoms. The highest BCUT2D eigenvalue weighted by Gasteiger charge is 2.14. The second kappa shape index (κ2) is 5.49. The van der Waals surface area contributed by atoms with Crippen LogP contribution in [0.25, 0.3) is 0 Å². The smallest absolute Gasteiger partial charge is 0.343 e. The van der Waals surface area contributed by atoms with Crippen LogP contribution in [-0.2, 0) is 0 Å². The number of non-ortho nitro benzene ring substituents is 1. The number of carbonyl (C=O) groups is 1. The van der Waals surface area contributed by atoms with Gasteiger partial charge in [0, 0.05) is 12.1 Å². The number of hydrogen-bond donors (Lipinski definition) is 0. The van der Waals surface area contributed by atoms with E-state index in [0.29, 0.717) is 5.02 Å². The van der Waals surface area contributed by atoms with Gasteiger partial charge in [-0.3, -0.25) is 10.1 Å². The van der Waals surface area contributed by atoms with Crippen LogP contribution in [0.1, 0.15) is 10.4 Å². The maximum atomic E-state index is 11.8. The summed E-state index contributed by atoms with van der Waals surface area (Å²) in [6.07, 6.45) is 0. The van der Waals surface area contributed by atoms with E-state index in [-0.39, 0.29) is 17.0 Å². The van der Waals surface area contributed by atoms with Crippen molar-refractivity contribution in [3.63, 3.8) is 0 Å². The van der Waals surface area contributed by atoms with Gasteiger partial charge in [-0.05, 0) is 18.2 Å². The normalized spacial score (nSPS) is 9.95. The van der Waals surface area contributed by atoms with Crippen LogP contribution >= 0.6 is 11.6 Å². The molecule has 96 valence electrons. The van der Waals surface area contributed by atoms with Crippen molar-refractivity contribution in [2.75, 3.05) is 0 Å². The van der Waals surface area contributed by atoms with E-state index in [1.165, 1.54) is 24.3 Å². The van der Waals surface area contributed by atoms with Gasteiger partial charge in [0.1, 0.15) is 5.75 Å². The average Bonchev–Trinajstić information content (AvgIpc) is 2.41. The maximum absolute atomic E-state index is 11.8. The van der Waals surface area contributed by atoms with E-state index in [9.17, 15) is 14.9 Å². The van der Waals surface area contributed by atoms with Crippen molar-refractivity contribution in [3.05, 3.63) is 69.2 Å². The lowest BCUT2D eigenvalue weighted by molar-refractivity contribution is -0.384. The van der Waals surface area contributed by atoms with E-state index < -0.39 is 10.9 Å². The molecule has 0 spiro atoms. The highest BCUT2D eigenvalue weighted by atomic mass is 35.5. The molecule has 5 nitrogen and oxygen atoms in total. The first-order valence-corrected chi connectivity index (χ1v) is 5.67. The molecule has 0 aromatic heterocycles. The molecule has 0 fully saturated rings. The summed E-state index contributed by atoms with van der Waals surface area (Å²) in [5.41, 5.74) is -0.0808. The van der Waals surface area contributed by atoms with Crippen molar-refractivity contribution in [1.29, 1.82) is 0 Å². The minimum Gasteiger partial charge on any atom is -0.421 e. The first-order chi connectivity index (χ1) is 9.08. The molecule has 19 heavy (non-hydrogen) atoms. The van der Waals surface area contributed by atoms with Crippen molar-refractivity contribution in [2.45, 2.75) is 0 Å². The summed E-state index contributed by atoms with van der Waals surface area (Å²) in [6.45, 7) is 0. The van der Waals surface area contributed by atoms with Crippen LogP contribution in [0.2, 0.25) is 5.02 Å². The molecule has 0 aliphatic carbocycles. The highest BCUT2D eigenvalue weighted by Crippen LogP contribution is 2.24. The Labute approximate surface area is 113 Å². The number of hydrogen-bond acceptors (Lipinski definition) is 4. The molecule has 0 N–H and O–H groups in total. The lowest BCUT2D eigenvalue weighted by Gasteiger charge is -2.05. The zero-order chi connectivity index (χ0) is 13.8. The van der Waals surface area contributed by atoms with Gasteiger partial charge in [0.05, 0.1) is 15.5 Å². The third-order valence-corrected chi connectivity index (χ3v) is 2.64. The number of ether oxygens (including phenoxy) is 1. The zero-order valence-electron chi connectivity index (χ0n) is 9.58. The molecule has 0 unspecified atom stereocenters. The predicted molar refractivity (Wildman–Crippen MR) is 69.5 cm³/mol. The van der Waals surface area contributed by atoms with Crippen molar-refractivity contribution in [3.8, 4) is 5.75 Å². The lowest BCUT2D eigenvalue weighted by atomic mass is 10.2. The van der Waals surface area contributed by atoms with Crippen molar-refractivity contribution >= 4 is 23.3 Å². The highest BCUT2D eigenvalue weighted by molar-refractivity contribution is 6.32. The monoisotopic (exact) mass is 277 g/mol. The number of para-hydroxylation sites is 1. The molecular weight excluding hydrogens is 270 g/mol. The van der Waals surface area contributed by atoms with Crippen LogP contribution in [0, 0.1) is 10.1 Å². The van der Waals surface area contributed by atoms with Crippen LogP contribution < -0.4 is 4.74 Å². The SMILES string of the molecule is O=C(Oc1ccccc1Cl)c1cccc([N+](=O)[O-])c1. The Morgan fingerprint density at radius 1 is 1.16 bits per heavy atom. The molecule has 0 heterocycles. The number of nitro groups is 1. The second-order valence-electron chi connectivity index (χ2n) is 3.63. The maximum Gasteiger partial charge on any atom is 0.343 e. The van der Waals surface area contributed by atoms with Gasteiger partial charge < -0.3 is 4.74 Å². The number of nitrogens with zero attached hydrogens (tertiary/aromatic N) is 1. The minimum absolute atomic E-state index is 0.0918. The van der Waals surface area contributed by atoms with E-state index in [1.807, 2.05) is 0 Å². The van der Waals surface area contributed by atoms with Crippen LogP contribution in [0.15, 0.2) is 48.5 Å². The molecule has 0 saturated carbocycles. The Bertz CT molecular complexity index is 642. The van der Waals surface area contributed by atoms with Gasteiger partial charge in [-0.2, -0.15) is 0 Å². The van der Waals surface area contributed by atoms with Gasteiger partial charge in [-0.15, -0.1) is 0 Å². The second-order valence-corrected chi connectivity index (χ2v) is 4.03. The topological polar surface area (TPSA) is 69.4 Å². The van der Waals surface area contributed by atoms with Crippen LogP contribution in [0.5, 0.6) is 5.75 Å². The molecule has 6 heteroatoms. The molecule has 0 amide bonds. The molecule has 0 atom stereocenters. The quantitative estimate of drug-likeness (QED) is 0.373. The fraction of sp³-hybridized carbons (Fsp3) is 0. The number of carbonyl (C=O) groups excluding carboxylic acids is 1. The van der Waals surface area contributed by atoms with Gasteiger partial charge >= 0.3 is 5.97 Å². The summed E-state index contributed by atoms with van der Waals surface area (Å²) in [5.74, 6) is -0.488. The Kier molecular flexibility index (Phi) is 3.77. The van der Waals surface area contributed by atoms with E-state index in [4.69, 9.17) is 16.3 Å². The van der Waals surface area contributed by atoms with Crippen molar-refractivity contribution in [1.82, 2.24) is 0 Å². The molecular formula is C13H8ClNO4. The standard InChI is InChI=1S/C13H8ClNO4/c14-11-6-1-2-7-12(11)19-13(16)9-4-3-5-10(8-9)15(17)18/h1-8H. The zero-order valence-corrected chi connectivity index (χ0v) is 10.3. The predicted octanol–water partition coefficient (Wildman–Crippen LogP) is 3.47. The third-order valence-electron chi connectivity index (χ3n) is 2.33. The third kappa shape index (κ3) is 3.08. The first-order valence-electron chi connectivity index (χ1n) is 5.29. The van der Waals surface area contributed by atoms with Gasteiger partial charge in [0.15, 0.2) is 0 Å². The Hall–Kier alpha value is -2.40. The summed E-state index contributed by atoms with van der Waals surface area (Å²) in [4.78, 5) is 21.9. The molecule has 0 aliphatic rings. The van der Waals surface area contributed by atoms with E-state index in [1.54, 1.807) is 18.2 Å². The van der Waals surface area contributed by atoms with Crippen molar-refractivity contribution in [2.24, 2.45) is 0 Å². The number of nitro benzene ring substituents is 1. The number of esters is 1. The number of benzene rings is 2. The van der Waals surface area contributed by atoms with E-state index in [2.05, 4.69) is 0 Å². The summed E-state index contributed by atoms with van der Waals surface area (Å²) in [5, 5.41) is 10.9. The molecule has 0 radical (unpaired) electrons. The molecule has 2 aromatic rings. The fourth-order valence-corrected chi connectivity index (χ4v) is 1.61. The Morgan fingerprint density at radius 2 is 1.89 bits per heavy atom. The summed E-state index contributed by atoms with van der Waals surface area (Å²) < 4.78 is 5.07. The van der Waals surface area contributed by atoms with Crippen molar-refractivity contribution < 1.29 is 14.5 Å². The van der Waals surface area contributed by atoms with Gasteiger partial charge in [-0.25, -0.2) is 4.79 Å². The average molecular weight is 278 g/mol. The Morgan fingerprint density at radius 3 is 2.58 bits per heavy atom. The van der Waals surface area contributed by atoms with Crippen LogP contribution in [-0.4, -0.2) is 10.9 Å². The number of rotatable bonds is 3. The summed E-state index contributed by atoms with van der Waals surface area (Å²) in [7, 11) is 0. The first kappa shape index (κ1) is 13.0. The van der Waals surface area contributed by atoms with E-state index >= 15 is 0 Å². The summed E-state index contributed by atoms with van der Waals surface area (Å²) in [6, 6.07) is 11.8. The summed E-state index contributed by atoms with van der Waals surface area (Å²) >= 11 is 5.85. The van der Waals surface area contributed by atoms with E-state index in [0.717, 1.165) is 6.07 Å². The fourth-order valence-electron chi connectivity index (χ4n) is 1.43. The van der Waals surface area contributed by atoms with Gasteiger partial charge in [-0.1, -0.05) is 29.8 Å². The van der Waals surface area contributed by atoms with Gasteiger partial charge in [0.2, 0.25) is 0 Å². The largest absolute Gasteiger partial charge is 0.421 e. The van der Waals surface area contributed by atoms with Gasteiger partial charge in [0.25, 0.3) is 5.69 Å². The molecule has 0 aliphatic heterocycles.